The van der Waals surface area contributed by atoms with Crippen LogP contribution in [0.3, 0.4) is 0 Å². The van der Waals surface area contributed by atoms with Crippen LogP contribution in [-0.2, 0) is 0 Å². The quantitative estimate of drug-likeness (QED) is 0.876. The summed E-state index contributed by atoms with van der Waals surface area (Å²) in [7, 11) is 0. The van der Waals surface area contributed by atoms with Crippen LogP contribution in [0.25, 0.3) is 0 Å². The first-order chi connectivity index (χ1) is 8.81. The number of alkyl halides is 3. The molecule has 1 N–H and O–H groups in total. The first-order valence-corrected chi connectivity index (χ1v) is 7.21. The Morgan fingerprint density at radius 3 is 2.74 bits per heavy atom. The fourth-order valence-corrected chi connectivity index (χ4v) is 2.34. The number of halogens is 4. The van der Waals surface area contributed by atoms with Crippen LogP contribution in [0.1, 0.15) is 23.7 Å². The van der Waals surface area contributed by atoms with Crippen molar-refractivity contribution in [3.63, 3.8) is 0 Å². The van der Waals surface area contributed by atoms with Gasteiger partial charge in [-0.15, -0.1) is 0 Å². The highest BCUT2D eigenvalue weighted by Gasteiger charge is 2.29. The molecule has 3 nitrogen and oxygen atoms in total. The van der Waals surface area contributed by atoms with Gasteiger partial charge in [-0.05, 0) is 40.2 Å². The molecule has 0 bridgehead atoms. The van der Waals surface area contributed by atoms with E-state index in [1.165, 1.54) is 12.4 Å². The van der Waals surface area contributed by atoms with Crippen LogP contribution in [0, 0.1) is 0 Å². The van der Waals surface area contributed by atoms with Gasteiger partial charge in [0.2, 0.25) is 0 Å². The predicted octanol–water partition coefficient (Wildman–Crippen LogP) is 3.61. The summed E-state index contributed by atoms with van der Waals surface area (Å²) in [6, 6.07) is 1.03. The van der Waals surface area contributed by atoms with Crippen LogP contribution >= 0.6 is 27.7 Å². The second-order valence-corrected chi connectivity index (χ2v) is 5.73. The lowest BCUT2D eigenvalue weighted by Gasteiger charge is -2.17. The second-order valence-electron chi connectivity index (χ2n) is 3.73. The van der Waals surface area contributed by atoms with E-state index in [1.807, 2.05) is 0 Å². The van der Waals surface area contributed by atoms with Crippen LogP contribution in [0.2, 0.25) is 0 Å². The van der Waals surface area contributed by atoms with E-state index < -0.39 is 17.5 Å². The van der Waals surface area contributed by atoms with E-state index in [0.717, 1.165) is 0 Å². The van der Waals surface area contributed by atoms with Crippen LogP contribution in [0.15, 0.2) is 22.9 Å². The van der Waals surface area contributed by atoms with Crippen LogP contribution in [0.5, 0.6) is 0 Å². The number of carbonyl (C=O) groups is 1. The molecule has 1 aromatic heterocycles. The summed E-state index contributed by atoms with van der Waals surface area (Å²) < 4.78 is 36.9. The largest absolute Gasteiger partial charge is 0.441 e. The molecule has 0 saturated heterocycles. The van der Waals surface area contributed by atoms with Crippen LogP contribution in [0.4, 0.5) is 13.2 Å². The van der Waals surface area contributed by atoms with Crippen LogP contribution < -0.4 is 5.32 Å². The fraction of sp³-hybridized carbons (Fsp3) is 0.455. The van der Waals surface area contributed by atoms with Crippen LogP contribution in [-0.4, -0.2) is 28.2 Å². The Hall–Kier alpha value is -0.760. The number of carbonyl (C=O) groups excluding carboxylic acids is 1. The molecule has 0 aliphatic rings. The lowest BCUT2D eigenvalue weighted by molar-refractivity contribution is -0.0329. The van der Waals surface area contributed by atoms with Crippen molar-refractivity contribution >= 4 is 33.6 Å². The topological polar surface area (TPSA) is 42.0 Å². The maximum atomic E-state index is 12.1. The number of hydrogen-bond donors (Lipinski definition) is 1. The molecule has 1 rings (SSSR count). The average molecular weight is 357 g/mol. The Morgan fingerprint density at radius 2 is 2.21 bits per heavy atom. The van der Waals surface area contributed by atoms with E-state index >= 15 is 0 Å². The van der Waals surface area contributed by atoms with Gasteiger partial charge in [0.15, 0.2) is 0 Å². The molecular weight excluding hydrogens is 345 g/mol. The van der Waals surface area contributed by atoms with Gasteiger partial charge in [0, 0.05) is 28.7 Å². The maximum absolute atomic E-state index is 12.1. The molecule has 1 atom stereocenters. The van der Waals surface area contributed by atoms with Gasteiger partial charge in [0.1, 0.15) is 0 Å². The van der Waals surface area contributed by atoms with Crippen molar-refractivity contribution in [2.45, 2.75) is 24.9 Å². The third kappa shape index (κ3) is 6.29. The van der Waals surface area contributed by atoms with Gasteiger partial charge in [-0.2, -0.15) is 13.2 Å². The highest BCUT2D eigenvalue weighted by Crippen LogP contribution is 2.30. The summed E-state index contributed by atoms with van der Waals surface area (Å²) >= 11 is 3.04. The molecule has 0 aromatic carbocycles. The number of amides is 1. The number of nitrogens with zero attached hydrogens (tertiary/aromatic N) is 1. The Labute approximate surface area is 121 Å². The molecule has 1 aromatic rings. The van der Waals surface area contributed by atoms with Crippen molar-refractivity contribution in [2.75, 3.05) is 5.75 Å². The highest BCUT2D eigenvalue weighted by atomic mass is 79.9. The monoisotopic (exact) mass is 356 g/mol. The molecule has 1 heterocycles. The van der Waals surface area contributed by atoms with E-state index in [4.69, 9.17) is 0 Å². The molecule has 0 spiro atoms. The molecule has 1 unspecified atom stereocenters. The van der Waals surface area contributed by atoms with Crippen molar-refractivity contribution in [3.8, 4) is 0 Å². The van der Waals surface area contributed by atoms with Crippen molar-refractivity contribution in [1.82, 2.24) is 10.3 Å². The molecule has 0 fully saturated rings. The maximum Gasteiger partial charge on any atom is 0.441 e. The van der Waals surface area contributed by atoms with E-state index in [2.05, 4.69) is 26.2 Å². The van der Waals surface area contributed by atoms with E-state index in [1.54, 1.807) is 13.0 Å². The number of hydrogen-bond acceptors (Lipinski definition) is 3. The number of aromatic nitrogens is 1. The van der Waals surface area contributed by atoms with E-state index in [-0.39, 0.29) is 17.5 Å². The van der Waals surface area contributed by atoms with Crippen molar-refractivity contribution in [2.24, 2.45) is 0 Å². The number of rotatable bonds is 5. The fourth-order valence-electron chi connectivity index (χ4n) is 1.26. The van der Waals surface area contributed by atoms with Gasteiger partial charge in [0.05, 0.1) is 5.56 Å². The minimum Gasteiger partial charge on any atom is -0.348 e. The zero-order valence-electron chi connectivity index (χ0n) is 10.00. The zero-order valence-corrected chi connectivity index (χ0v) is 12.4. The van der Waals surface area contributed by atoms with Crippen molar-refractivity contribution < 1.29 is 18.0 Å². The Morgan fingerprint density at radius 1 is 1.53 bits per heavy atom. The summed E-state index contributed by atoms with van der Waals surface area (Å²) in [6.45, 7) is 1.72. The summed E-state index contributed by atoms with van der Waals surface area (Å²) in [5, 5.41) is 2.56. The molecule has 106 valence electrons. The second kappa shape index (κ2) is 7.14. The number of pyridine rings is 1. The number of thioether (sulfide) groups is 1. The molecule has 0 radical (unpaired) electrons. The van der Waals surface area contributed by atoms with Crippen molar-refractivity contribution in [1.29, 1.82) is 0 Å². The standard InChI is InChI=1S/C11H12BrF3N2OS/c1-2-9(6-19-11(13,14)15)17-10(18)7-3-8(12)5-16-4-7/h3-5,9H,2,6H2,1H3,(H,17,18). The first kappa shape index (κ1) is 16.3. The minimum atomic E-state index is -4.28. The molecule has 0 aliphatic carbocycles. The third-order valence-corrected chi connectivity index (χ3v) is 3.57. The Kier molecular flexibility index (Phi) is 6.12. The lowest BCUT2D eigenvalue weighted by Crippen LogP contribution is -2.36. The number of nitrogens with one attached hydrogen (secondary N) is 1. The minimum absolute atomic E-state index is 0.133. The van der Waals surface area contributed by atoms with Crippen molar-refractivity contribution in [3.05, 3.63) is 28.5 Å². The van der Waals surface area contributed by atoms with Gasteiger partial charge in [-0.3, -0.25) is 9.78 Å². The average Bonchev–Trinajstić information content (AvgIpc) is 2.33. The zero-order chi connectivity index (χ0) is 14.5. The molecule has 0 aliphatic heterocycles. The summed E-state index contributed by atoms with van der Waals surface area (Å²) in [4.78, 5) is 15.7. The summed E-state index contributed by atoms with van der Waals surface area (Å²) in [5.41, 5.74) is -3.97. The SMILES string of the molecule is CCC(CSC(F)(F)F)NC(=O)c1cncc(Br)c1. The summed E-state index contributed by atoms with van der Waals surface area (Å²) in [6.07, 6.45) is 3.31. The Balaban J connectivity index is 2.58. The summed E-state index contributed by atoms with van der Waals surface area (Å²) in [5.74, 6) is -0.629. The van der Waals surface area contributed by atoms with Gasteiger partial charge in [-0.25, -0.2) is 0 Å². The molecule has 8 heteroatoms. The third-order valence-electron chi connectivity index (χ3n) is 2.24. The molecule has 1 amide bonds. The van der Waals surface area contributed by atoms with Gasteiger partial charge >= 0.3 is 5.51 Å². The lowest BCUT2D eigenvalue weighted by atomic mass is 10.2. The predicted molar refractivity (Wildman–Crippen MR) is 72.0 cm³/mol. The van der Waals surface area contributed by atoms with E-state index in [0.29, 0.717) is 16.5 Å². The molecule has 19 heavy (non-hydrogen) atoms. The van der Waals surface area contributed by atoms with Gasteiger partial charge < -0.3 is 5.32 Å². The smallest absolute Gasteiger partial charge is 0.348 e. The first-order valence-electron chi connectivity index (χ1n) is 5.44. The highest BCUT2D eigenvalue weighted by molar-refractivity contribution is 9.10. The van der Waals surface area contributed by atoms with E-state index in [9.17, 15) is 18.0 Å². The van der Waals surface area contributed by atoms with Gasteiger partial charge in [-0.1, -0.05) is 6.92 Å². The molecular formula is C11H12BrF3N2OS. The normalized spacial score (nSPS) is 13.1. The molecule has 0 saturated carbocycles. The Bertz CT molecular complexity index is 442. The van der Waals surface area contributed by atoms with Gasteiger partial charge in [0.25, 0.3) is 5.91 Å².